The summed E-state index contributed by atoms with van der Waals surface area (Å²) in [5.74, 6) is 1.60. The average molecular weight is 179 g/mol. The normalized spacial score (nSPS) is 11.7. The molecule has 1 atom stereocenters. The SMILES string of the molecule is C#CC(C)Nc1ccc(C(=O)O)o1. The van der Waals surface area contributed by atoms with Crippen molar-refractivity contribution in [1.82, 2.24) is 0 Å². The van der Waals surface area contributed by atoms with E-state index in [1.54, 1.807) is 6.92 Å². The number of nitrogens with one attached hydrogen (secondary N) is 1. The summed E-state index contributed by atoms with van der Waals surface area (Å²) in [6.45, 7) is 1.77. The van der Waals surface area contributed by atoms with Crippen LogP contribution >= 0.6 is 0 Å². The van der Waals surface area contributed by atoms with Gasteiger partial charge in [-0.1, -0.05) is 5.92 Å². The Morgan fingerprint density at radius 2 is 2.46 bits per heavy atom. The number of hydrogen-bond donors (Lipinski definition) is 2. The maximum atomic E-state index is 10.4. The fourth-order valence-corrected chi connectivity index (χ4v) is 0.785. The van der Waals surface area contributed by atoms with Crippen molar-refractivity contribution in [3.8, 4) is 12.3 Å². The van der Waals surface area contributed by atoms with Gasteiger partial charge in [-0.2, -0.15) is 0 Å². The molecule has 0 aliphatic heterocycles. The summed E-state index contributed by atoms with van der Waals surface area (Å²) in [5, 5.41) is 11.3. The van der Waals surface area contributed by atoms with Crippen LogP contribution in [0.25, 0.3) is 0 Å². The summed E-state index contributed by atoms with van der Waals surface area (Å²) in [5.41, 5.74) is 0. The zero-order valence-corrected chi connectivity index (χ0v) is 7.07. The van der Waals surface area contributed by atoms with Crippen molar-refractivity contribution in [3.05, 3.63) is 17.9 Å². The first-order chi connectivity index (χ1) is 6.13. The van der Waals surface area contributed by atoms with Crippen LogP contribution in [0.4, 0.5) is 5.88 Å². The van der Waals surface area contributed by atoms with Gasteiger partial charge in [-0.15, -0.1) is 6.42 Å². The quantitative estimate of drug-likeness (QED) is 0.688. The van der Waals surface area contributed by atoms with Gasteiger partial charge in [0.1, 0.15) is 0 Å². The van der Waals surface area contributed by atoms with Crippen LogP contribution in [-0.4, -0.2) is 17.1 Å². The van der Waals surface area contributed by atoms with E-state index in [2.05, 4.69) is 11.2 Å². The fourth-order valence-electron chi connectivity index (χ4n) is 0.785. The van der Waals surface area contributed by atoms with E-state index < -0.39 is 5.97 Å². The van der Waals surface area contributed by atoms with Crippen molar-refractivity contribution in [2.75, 3.05) is 5.32 Å². The molecular formula is C9H9NO3. The van der Waals surface area contributed by atoms with E-state index in [4.69, 9.17) is 15.9 Å². The Labute approximate surface area is 75.6 Å². The van der Waals surface area contributed by atoms with Crippen LogP contribution < -0.4 is 5.32 Å². The molecule has 1 rings (SSSR count). The van der Waals surface area contributed by atoms with Crippen LogP contribution in [0.15, 0.2) is 16.5 Å². The van der Waals surface area contributed by atoms with Crippen molar-refractivity contribution in [2.45, 2.75) is 13.0 Å². The standard InChI is InChI=1S/C9H9NO3/c1-3-6(2)10-8-5-4-7(13-8)9(11)12/h1,4-6,10H,2H3,(H,11,12). The van der Waals surface area contributed by atoms with Crippen molar-refractivity contribution < 1.29 is 14.3 Å². The van der Waals surface area contributed by atoms with Crippen LogP contribution in [-0.2, 0) is 0 Å². The maximum absolute atomic E-state index is 10.4. The van der Waals surface area contributed by atoms with E-state index in [9.17, 15) is 4.79 Å². The van der Waals surface area contributed by atoms with E-state index in [0.29, 0.717) is 5.88 Å². The predicted molar refractivity (Wildman–Crippen MR) is 47.6 cm³/mol. The number of furan rings is 1. The molecule has 0 amide bonds. The number of hydrogen-bond acceptors (Lipinski definition) is 3. The summed E-state index contributed by atoms with van der Waals surface area (Å²) >= 11 is 0. The molecule has 0 saturated carbocycles. The number of carboxylic acid groups (broad SMARTS) is 1. The molecular weight excluding hydrogens is 170 g/mol. The third kappa shape index (κ3) is 2.27. The molecule has 4 heteroatoms. The summed E-state index contributed by atoms with van der Waals surface area (Å²) in [4.78, 5) is 10.4. The second-order valence-corrected chi connectivity index (χ2v) is 2.50. The Kier molecular flexibility index (Phi) is 2.60. The van der Waals surface area contributed by atoms with Gasteiger partial charge in [0, 0.05) is 6.07 Å². The van der Waals surface area contributed by atoms with Gasteiger partial charge in [-0.05, 0) is 13.0 Å². The number of terminal acetylenes is 1. The van der Waals surface area contributed by atoms with E-state index in [1.807, 2.05) is 0 Å². The molecule has 1 aromatic heterocycles. The van der Waals surface area contributed by atoms with Gasteiger partial charge in [0.15, 0.2) is 5.88 Å². The molecule has 0 saturated heterocycles. The number of carbonyl (C=O) groups is 1. The van der Waals surface area contributed by atoms with Gasteiger partial charge < -0.3 is 14.8 Å². The largest absolute Gasteiger partial charge is 0.475 e. The predicted octanol–water partition coefficient (Wildman–Crippen LogP) is 1.41. The minimum absolute atomic E-state index is 0.105. The Balaban J connectivity index is 2.70. The zero-order valence-electron chi connectivity index (χ0n) is 7.07. The zero-order chi connectivity index (χ0) is 9.84. The maximum Gasteiger partial charge on any atom is 0.371 e. The lowest BCUT2D eigenvalue weighted by atomic mass is 10.3. The lowest BCUT2D eigenvalue weighted by Crippen LogP contribution is -2.11. The first-order valence-corrected chi connectivity index (χ1v) is 3.69. The number of carboxylic acids is 1. The number of rotatable bonds is 3. The molecule has 1 heterocycles. The highest BCUT2D eigenvalue weighted by Gasteiger charge is 2.09. The highest BCUT2D eigenvalue weighted by atomic mass is 16.4. The minimum atomic E-state index is -1.10. The van der Waals surface area contributed by atoms with Gasteiger partial charge in [0.25, 0.3) is 0 Å². The van der Waals surface area contributed by atoms with Crippen LogP contribution in [0.2, 0.25) is 0 Å². The lowest BCUT2D eigenvalue weighted by Gasteiger charge is -2.03. The Morgan fingerprint density at radius 3 is 2.92 bits per heavy atom. The molecule has 0 bridgehead atoms. The molecule has 1 aromatic rings. The summed E-state index contributed by atoms with van der Waals surface area (Å²) in [7, 11) is 0. The highest BCUT2D eigenvalue weighted by Crippen LogP contribution is 2.13. The number of aromatic carboxylic acids is 1. The second kappa shape index (κ2) is 3.68. The third-order valence-electron chi connectivity index (χ3n) is 1.43. The topological polar surface area (TPSA) is 62.5 Å². The molecule has 0 radical (unpaired) electrons. The van der Waals surface area contributed by atoms with Gasteiger partial charge in [0.2, 0.25) is 5.76 Å². The molecule has 68 valence electrons. The van der Waals surface area contributed by atoms with E-state index in [0.717, 1.165) is 0 Å². The summed E-state index contributed by atoms with van der Waals surface area (Å²) in [6.07, 6.45) is 5.12. The van der Waals surface area contributed by atoms with E-state index >= 15 is 0 Å². The van der Waals surface area contributed by atoms with Gasteiger partial charge in [-0.25, -0.2) is 4.79 Å². The van der Waals surface area contributed by atoms with Crippen molar-refractivity contribution >= 4 is 11.9 Å². The van der Waals surface area contributed by atoms with Gasteiger partial charge in [-0.3, -0.25) is 0 Å². The van der Waals surface area contributed by atoms with Crippen molar-refractivity contribution in [1.29, 1.82) is 0 Å². The molecule has 13 heavy (non-hydrogen) atoms. The van der Waals surface area contributed by atoms with Gasteiger partial charge >= 0.3 is 5.97 Å². The molecule has 0 spiro atoms. The third-order valence-corrected chi connectivity index (χ3v) is 1.43. The monoisotopic (exact) mass is 179 g/mol. The first-order valence-electron chi connectivity index (χ1n) is 3.69. The summed E-state index contributed by atoms with van der Waals surface area (Å²) < 4.78 is 4.91. The lowest BCUT2D eigenvalue weighted by molar-refractivity contribution is 0.0663. The fraction of sp³-hybridized carbons (Fsp3) is 0.222. The molecule has 0 fully saturated rings. The van der Waals surface area contributed by atoms with Crippen LogP contribution in [0.1, 0.15) is 17.5 Å². The molecule has 4 nitrogen and oxygen atoms in total. The van der Waals surface area contributed by atoms with E-state index in [1.165, 1.54) is 12.1 Å². The smallest absolute Gasteiger partial charge is 0.371 e. The molecule has 2 N–H and O–H groups in total. The molecule has 1 unspecified atom stereocenters. The summed E-state index contributed by atoms with van der Waals surface area (Å²) in [6, 6.07) is 2.71. The van der Waals surface area contributed by atoms with Crippen LogP contribution in [0.3, 0.4) is 0 Å². The van der Waals surface area contributed by atoms with Crippen LogP contribution in [0.5, 0.6) is 0 Å². The van der Waals surface area contributed by atoms with Crippen molar-refractivity contribution in [3.63, 3.8) is 0 Å². The van der Waals surface area contributed by atoms with Gasteiger partial charge in [0.05, 0.1) is 6.04 Å². The highest BCUT2D eigenvalue weighted by molar-refractivity contribution is 5.84. The second-order valence-electron chi connectivity index (χ2n) is 2.50. The number of anilines is 1. The molecule has 0 aliphatic carbocycles. The minimum Gasteiger partial charge on any atom is -0.475 e. The van der Waals surface area contributed by atoms with Crippen molar-refractivity contribution in [2.24, 2.45) is 0 Å². The average Bonchev–Trinajstić information content (AvgIpc) is 2.52. The van der Waals surface area contributed by atoms with Crippen LogP contribution in [0, 0.1) is 12.3 Å². The Hall–Kier alpha value is -1.89. The Bertz CT molecular complexity index is 348. The molecule has 0 aromatic carbocycles. The Morgan fingerprint density at radius 1 is 1.77 bits per heavy atom. The first kappa shape index (κ1) is 9.20. The molecule has 0 aliphatic rings. The van der Waals surface area contributed by atoms with E-state index in [-0.39, 0.29) is 11.8 Å².